The fourth-order valence-corrected chi connectivity index (χ4v) is 5.33. The van der Waals surface area contributed by atoms with Gasteiger partial charge in [-0.05, 0) is 37.5 Å². The lowest BCUT2D eigenvalue weighted by Gasteiger charge is -2.28. The molecule has 12 nitrogen and oxygen atoms in total. The van der Waals surface area contributed by atoms with E-state index in [4.69, 9.17) is 23.7 Å². The van der Waals surface area contributed by atoms with Gasteiger partial charge in [-0.2, -0.15) is 14.3 Å². The van der Waals surface area contributed by atoms with Crippen molar-refractivity contribution in [2.24, 2.45) is 0 Å². The van der Waals surface area contributed by atoms with Crippen molar-refractivity contribution in [1.29, 1.82) is 0 Å². The Labute approximate surface area is 221 Å². The van der Waals surface area contributed by atoms with E-state index >= 15 is 0 Å². The summed E-state index contributed by atoms with van der Waals surface area (Å²) in [6, 6.07) is 7.07. The summed E-state index contributed by atoms with van der Waals surface area (Å²) in [5.41, 5.74) is 1.30. The van der Waals surface area contributed by atoms with Crippen molar-refractivity contribution in [3.63, 3.8) is 0 Å². The molecule has 1 aliphatic heterocycles. The highest BCUT2D eigenvalue weighted by atomic mass is 32.2. The first-order valence-corrected chi connectivity index (χ1v) is 14.5. The van der Waals surface area contributed by atoms with Gasteiger partial charge < -0.3 is 34.0 Å². The number of aromatic amines is 1. The van der Waals surface area contributed by atoms with Gasteiger partial charge in [-0.15, -0.1) is 0 Å². The molecule has 3 heterocycles. The highest BCUT2D eigenvalue weighted by molar-refractivity contribution is 7.88. The maximum absolute atomic E-state index is 12.2. The van der Waals surface area contributed by atoms with Gasteiger partial charge in [0.1, 0.15) is 25.0 Å². The van der Waals surface area contributed by atoms with Crippen molar-refractivity contribution in [3.8, 4) is 17.4 Å². The monoisotopic (exact) mass is 547 g/mol. The van der Waals surface area contributed by atoms with Gasteiger partial charge in [-0.1, -0.05) is 0 Å². The molecule has 2 N–H and O–H groups in total. The number of rotatable bonds is 6. The minimum atomic E-state index is -3.35. The third-order valence-corrected chi connectivity index (χ3v) is 7.91. The smallest absolute Gasteiger partial charge is 0.232 e. The topological polar surface area (TPSA) is 137 Å². The number of aromatic nitrogens is 3. The average molecular weight is 548 g/mol. The summed E-state index contributed by atoms with van der Waals surface area (Å²) < 4.78 is 54.8. The summed E-state index contributed by atoms with van der Waals surface area (Å²) in [4.78, 5) is 12.3. The lowest BCUT2D eigenvalue weighted by molar-refractivity contribution is 0.0223. The molecule has 1 fully saturated rings. The molecule has 0 amide bonds. The Kier molecular flexibility index (Phi) is 8.17. The number of H-pyrrole nitrogens is 1. The van der Waals surface area contributed by atoms with E-state index in [0.717, 1.165) is 24.6 Å². The molecular formula is C25H33N5O7S. The molecule has 206 valence electrons. The predicted octanol–water partition coefficient (Wildman–Crippen LogP) is 2.70. The van der Waals surface area contributed by atoms with E-state index in [9.17, 15) is 8.42 Å². The fourth-order valence-electron chi connectivity index (χ4n) is 4.60. The van der Waals surface area contributed by atoms with Gasteiger partial charge in [0.15, 0.2) is 11.5 Å². The fraction of sp³-hybridized carbons (Fsp3) is 0.520. The van der Waals surface area contributed by atoms with E-state index in [1.54, 1.807) is 13.2 Å². The van der Waals surface area contributed by atoms with Crippen LogP contribution in [0.25, 0.3) is 11.0 Å². The molecule has 38 heavy (non-hydrogen) atoms. The quantitative estimate of drug-likeness (QED) is 0.474. The predicted molar refractivity (Wildman–Crippen MR) is 141 cm³/mol. The second kappa shape index (κ2) is 11.7. The molecule has 0 bridgehead atoms. The maximum atomic E-state index is 12.2. The van der Waals surface area contributed by atoms with Gasteiger partial charge in [-0.25, -0.2) is 8.42 Å². The number of likely N-dealkylation sites (N-methyl/N-ethyl adjacent to an activating group) is 1. The van der Waals surface area contributed by atoms with Crippen molar-refractivity contribution in [2.75, 3.05) is 58.3 Å². The molecule has 3 aromatic rings. The van der Waals surface area contributed by atoms with E-state index in [1.165, 1.54) is 10.6 Å². The maximum Gasteiger partial charge on any atom is 0.232 e. The summed E-state index contributed by atoms with van der Waals surface area (Å²) in [7, 11) is -1.75. The van der Waals surface area contributed by atoms with Gasteiger partial charge in [0.25, 0.3) is 0 Å². The zero-order chi connectivity index (χ0) is 26.5. The normalized spacial score (nSPS) is 21.1. The molecule has 1 aromatic carbocycles. The summed E-state index contributed by atoms with van der Waals surface area (Å²) >= 11 is 0. The number of anilines is 2. The number of hydrogen-bond acceptors (Lipinski definition) is 10. The number of ether oxygens (including phenoxy) is 5. The van der Waals surface area contributed by atoms with Crippen molar-refractivity contribution >= 4 is 32.7 Å². The minimum absolute atomic E-state index is 0.257. The first-order valence-electron chi connectivity index (χ1n) is 12.7. The second-order valence-electron chi connectivity index (χ2n) is 9.23. The zero-order valence-electron chi connectivity index (χ0n) is 21.5. The SMILES string of the molecule is CN(C1CCCC1Oc1nc(Nc2ccc3c(c2)OCCOCCOCCO3)nc2[nH]ccc12)S(C)(=O)=O. The number of nitrogens with one attached hydrogen (secondary N) is 2. The van der Waals surface area contributed by atoms with Crippen LogP contribution in [0.2, 0.25) is 0 Å². The van der Waals surface area contributed by atoms with Crippen molar-refractivity contribution < 1.29 is 32.1 Å². The number of hydrogen-bond donors (Lipinski definition) is 2. The van der Waals surface area contributed by atoms with Crippen LogP contribution < -0.4 is 19.5 Å². The molecule has 0 radical (unpaired) electrons. The molecule has 2 aromatic heterocycles. The van der Waals surface area contributed by atoms with Gasteiger partial charge in [0.05, 0.1) is 44.1 Å². The molecule has 1 aliphatic carbocycles. The van der Waals surface area contributed by atoms with Crippen LogP contribution in [0, 0.1) is 0 Å². The third-order valence-electron chi connectivity index (χ3n) is 6.59. The molecule has 1 saturated carbocycles. The molecule has 2 aliphatic rings. The highest BCUT2D eigenvalue weighted by Gasteiger charge is 2.36. The minimum Gasteiger partial charge on any atom is -0.487 e. The third kappa shape index (κ3) is 6.29. The molecule has 2 unspecified atom stereocenters. The Balaban J connectivity index is 1.37. The van der Waals surface area contributed by atoms with Crippen LogP contribution in [0.1, 0.15) is 19.3 Å². The largest absolute Gasteiger partial charge is 0.487 e. The van der Waals surface area contributed by atoms with Gasteiger partial charge in [0, 0.05) is 25.0 Å². The summed E-state index contributed by atoms with van der Waals surface area (Å²) in [6.45, 7) is 2.68. The Morgan fingerprint density at radius 2 is 1.74 bits per heavy atom. The van der Waals surface area contributed by atoms with Crippen LogP contribution in [0.15, 0.2) is 30.5 Å². The number of sulfonamides is 1. The van der Waals surface area contributed by atoms with Crippen LogP contribution >= 0.6 is 0 Å². The summed E-state index contributed by atoms with van der Waals surface area (Å²) in [5.74, 6) is 1.88. The van der Waals surface area contributed by atoms with Crippen LogP contribution in [-0.4, -0.2) is 92.8 Å². The van der Waals surface area contributed by atoms with Crippen LogP contribution in [0.3, 0.4) is 0 Å². The molecule has 2 atom stereocenters. The van der Waals surface area contributed by atoms with Gasteiger partial charge in [0.2, 0.25) is 21.9 Å². The van der Waals surface area contributed by atoms with Crippen LogP contribution in [0.4, 0.5) is 11.6 Å². The summed E-state index contributed by atoms with van der Waals surface area (Å²) in [5, 5.41) is 3.95. The van der Waals surface area contributed by atoms with Crippen molar-refractivity contribution in [2.45, 2.75) is 31.4 Å². The number of fused-ring (bicyclic) bond motifs is 2. The van der Waals surface area contributed by atoms with E-state index in [-0.39, 0.29) is 12.1 Å². The zero-order valence-corrected chi connectivity index (χ0v) is 22.3. The molecular weight excluding hydrogens is 514 g/mol. The highest BCUT2D eigenvalue weighted by Crippen LogP contribution is 2.34. The molecule has 0 saturated heterocycles. The van der Waals surface area contributed by atoms with E-state index in [1.807, 2.05) is 24.3 Å². The van der Waals surface area contributed by atoms with Crippen LogP contribution in [-0.2, 0) is 19.5 Å². The van der Waals surface area contributed by atoms with E-state index in [0.29, 0.717) is 74.3 Å². The lowest BCUT2D eigenvalue weighted by Crippen LogP contribution is -2.43. The first-order chi connectivity index (χ1) is 18.4. The molecule has 5 rings (SSSR count). The number of benzene rings is 1. The Bertz CT molecular complexity index is 1350. The second-order valence-corrected chi connectivity index (χ2v) is 11.3. The van der Waals surface area contributed by atoms with Crippen molar-refractivity contribution in [1.82, 2.24) is 19.3 Å². The van der Waals surface area contributed by atoms with E-state index in [2.05, 4.69) is 20.3 Å². The number of nitrogens with zero attached hydrogens (tertiary/aromatic N) is 3. The first kappa shape index (κ1) is 26.5. The summed E-state index contributed by atoms with van der Waals surface area (Å²) in [6.07, 6.45) is 5.00. The Hall–Kier alpha value is -3.13. The average Bonchev–Trinajstić information content (AvgIpc) is 3.53. The lowest BCUT2D eigenvalue weighted by atomic mass is 10.2. The van der Waals surface area contributed by atoms with E-state index < -0.39 is 10.0 Å². The molecule has 13 heteroatoms. The van der Waals surface area contributed by atoms with Crippen molar-refractivity contribution in [3.05, 3.63) is 30.5 Å². The van der Waals surface area contributed by atoms with Gasteiger partial charge >= 0.3 is 0 Å². The Morgan fingerprint density at radius 1 is 1.00 bits per heavy atom. The Morgan fingerprint density at radius 3 is 2.50 bits per heavy atom. The standard InChI is InChI=1S/C25H33N5O7S/c1-30(38(2,31)32)19-4-3-5-20(19)37-24-18-8-9-26-23(18)28-25(29-24)27-17-6-7-21-22(16-17)36-15-13-34-11-10-33-12-14-35-21/h6-9,16,19-20H,3-5,10-15H2,1-2H3,(H2,26,27,28,29). The molecule has 0 spiro atoms. The van der Waals surface area contributed by atoms with Gasteiger partial charge in [-0.3, -0.25) is 0 Å². The van der Waals surface area contributed by atoms with Crippen LogP contribution in [0.5, 0.6) is 17.4 Å².